The zero-order valence-corrected chi connectivity index (χ0v) is 17.7. The van der Waals surface area contributed by atoms with Gasteiger partial charge in [0.05, 0.1) is 0 Å². The van der Waals surface area contributed by atoms with Crippen LogP contribution in [0.5, 0.6) is 5.75 Å². The molecule has 2 aromatic carbocycles. The first-order valence-corrected chi connectivity index (χ1v) is 9.67. The third kappa shape index (κ3) is 7.95. The second kappa shape index (κ2) is 10.4. The van der Waals surface area contributed by atoms with E-state index in [1.54, 1.807) is 45.0 Å². The molecule has 0 unspecified atom stereocenters. The van der Waals surface area contributed by atoms with E-state index in [1.165, 1.54) is 0 Å². The first-order valence-electron chi connectivity index (χ1n) is 9.67. The molecule has 0 heterocycles. The van der Waals surface area contributed by atoms with Crippen LogP contribution in [0.3, 0.4) is 0 Å². The average Bonchev–Trinajstić information content (AvgIpc) is 2.69. The van der Waals surface area contributed by atoms with E-state index in [0.29, 0.717) is 24.1 Å². The molecule has 0 bridgehead atoms. The van der Waals surface area contributed by atoms with E-state index in [0.717, 1.165) is 11.1 Å². The molecule has 0 spiro atoms. The molecular formula is C23H28N2O5. The Morgan fingerprint density at radius 1 is 1.10 bits per heavy atom. The second-order valence-electron chi connectivity index (χ2n) is 7.90. The summed E-state index contributed by atoms with van der Waals surface area (Å²) < 4.78 is 10.9. The van der Waals surface area contributed by atoms with Crippen LogP contribution in [0.15, 0.2) is 48.5 Å². The van der Waals surface area contributed by atoms with Crippen molar-refractivity contribution in [3.05, 3.63) is 65.2 Å². The van der Waals surface area contributed by atoms with E-state index < -0.39 is 23.6 Å². The summed E-state index contributed by atoms with van der Waals surface area (Å²) in [4.78, 5) is 35.8. The lowest BCUT2D eigenvalue weighted by Gasteiger charge is -2.23. The minimum Gasteiger partial charge on any atom is -0.491 e. The number of amides is 2. The molecule has 0 saturated carbocycles. The van der Waals surface area contributed by atoms with Crippen molar-refractivity contribution in [2.45, 2.75) is 45.9 Å². The molecule has 7 nitrogen and oxygen atoms in total. The molecule has 0 aliphatic rings. The third-order valence-electron chi connectivity index (χ3n) is 4.01. The van der Waals surface area contributed by atoms with E-state index in [9.17, 15) is 14.4 Å². The van der Waals surface area contributed by atoms with E-state index in [-0.39, 0.29) is 6.61 Å². The van der Waals surface area contributed by atoms with Gasteiger partial charge in [0.15, 0.2) is 0 Å². The van der Waals surface area contributed by atoms with Gasteiger partial charge in [0, 0.05) is 12.1 Å². The molecule has 0 aliphatic carbocycles. The number of nitrogens with one attached hydrogen (secondary N) is 2. The first kappa shape index (κ1) is 22.9. The molecule has 30 heavy (non-hydrogen) atoms. The molecule has 2 aromatic rings. The number of carbonyl (C=O) groups excluding carboxylic acids is 3. The Kier molecular flexibility index (Phi) is 7.98. The van der Waals surface area contributed by atoms with Gasteiger partial charge < -0.3 is 20.1 Å². The highest BCUT2D eigenvalue weighted by Gasteiger charge is 2.25. The topological polar surface area (TPSA) is 93.7 Å². The largest absolute Gasteiger partial charge is 0.491 e. The van der Waals surface area contributed by atoms with Gasteiger partial charge in [-0.25, -0.2) is 4.79 Å². The van der Waals surface area contributed by atoms with Crippen LogP contribution >= 0.6 is 0 Å². The van der Waals surface area contributed by atoms with Crippen LogP contribution in [0.4, 0.5) is 4.79 Å². The molecule has 2 rings (SSSR count). The van der Waals surface area contributed by atoms with Crippen LogP contribution in [0, 0.1) is 6.92 Å². The van der Waals surface area contributed by atoms with Crippen LogP contribution in [0.1, 0.15) is 42.3 Å². The first-order chi connectivity index (χ1) is 14.2. The average molecular weight is 412 g/mol. The van der Waals surface area contributed by atoms with Crippen molar-refractivity contribution in [1.29, 1.82) is 0 Å². The molecule has 0 radical (unpaired) electrons. The zero-order chi connectivity index (χ0) is 22.1. The van der Waals surface area contributed by atoms with Crippen molar-refractivity contribution in [2.24, 2.45) is 0 Å². The van der Waals surface area contributed by atoms with Crippen LogP contribution in [-0.4, -0.2) is 36.5 Å². The Morgan fingerprint density at radius 3 is 2.43 bits per heavy atom. The maximum atomic E-state index is 12.7. The van der Waals surface area contributed by atoms with Crippen molar-refractivity contribution < 1.29 is 23.9 Å². The van der Waals surface area contributed by atoms with E-state index in [4.69, 9.17) is 9.47 Å². The molecule has 2 N–H and O–H groups in total. The second-order valence-corrected chi connectivity index (χ2v) is 7.90. The lowest BCUT2D eigenvalue weighted by atomic mass is 10.1. The van der Waals surface area contributed by atoms with Gasteiger partial charge in [0.2, 0.25) is 5.91 Å². The minimum absolute atomic E-state index is 0.124. The lowest BCUT2D eigenvalue weighted by molar-refractivity contribution is -0.124. The summed E-state index contributed by atoms with van der Waals surface area (Å²) in [5.74, 6) is 0.00917. The fourth-order valence-electron chi connectivity index (χ4n) is 2.51. The quantitative estimate of drug-likeness (QED) is 0.648. The van der Waals surface area contributed by atoms with Crippen LogP contribution < -0.4 is 15.4 Å². The van der Waals surface area contributed by atoms with Gasteiger partial charge in [-0.2, -0.15) is 0 Å². The smallest absolute Gasteiger partial charge is 0.408 e. The third-order valence-corrected chi connectivity index (χ3v) is 4.01. The summed E-state index contributed by atoms with van der Waals surface area (Å²) in [5, 5.41) is 5.35. The van der Waals surface area contributed by atoms with Crippen molar-refractivity contribution in [3.63, 3.8) is 0 Å². The monoisotopic (exact) mass is 412 g/mol. The predicted octanol–water partition coefficient (Wildman–Crippen LogP) is 3.40. The normalized spacial score (nSPS) is 11.9. The number of aryl methyl sites for hydroxylation is 1. The standard InChI is InChI=1S/C23H28N2O5/c1-16-8-10-17(11-9-16)13-24-21(27)20(25-22(28)30-23(2,3)4)15-29-19-7-5-6-18(12-19)14-26/h5-12,14,20H,13,15H2,1-4H3,(H,24,27)(H,25,28)/t20-/m0/s1. The summed E-state index contributed by atoms with van der Waals surface area (Å²) in [6.45, 7) is 7.38. The molecule has 0 aliphatic heterocycles. The van der Waals surface area contributed by atoms with Crippen molar-refractivity contribution in [1.82, 2.24) is 10.6 Å². The molecular weight excluding hydrogens is 384 g/mol. The molecule has 0 aromatic heterocycles. The highest BCUT2D eigenvalue weighted by atomic mass is 16.6. The van der Waals surface area contributed by atoms with Gasteiger partial charge in [0.25, 0.3) is 0 Å². The fourth-order valence-corrected chi connectivity index (χ4v) is 2.51. The number of alkyl carbamates (subject to hydrolysis) is 1. The van der Waals surface area contributed by atoms with Gasteiger partial charge in [-0.1, -0.05) is 42.0 Å². The maximum Gasteiger partial charge on any atom is 0.408 e. The SMILES string of the molecule is Cc1ccc(CNC(=O)[C@H](COc2cccc(C=O)c2)NC(=O)OC(C)(C)C)cc1. The Hall–Kier alpha value is -3.35. The lowest BCUT2D eigenvalue weighted by Crippen LogP contribution is -2.51. The zero-order valence-electron chi connectivity index (χ0n) is 17.7. The van der Waals surface area contributed by atoms with Gasteiger partial charge in [-0.05, 0) is 45.4 Å². The maximum absolute atomic E-state index is 12.7. The van der Waals surface area contributed by atoms with Crippen LogP contribution in [-0.2, 0) is 16.1 Å². The highest BCUT2D eigenvalue weighted by Crippen LogP contribution is 2.13. The molecule has 0 fully saturated rings. The summed E-state index contributed by atoms with van der Waals surface area (Å²) in [7, 11) is 0. The molecule has 160 valence electrons. The molecule has 7 heteroatoms. The Morgan fingerprint density at radius 2 is 1.80 bits per heavy atom. The van der Waals surface area contributed by atoms with Gasteiger partial charge >= 0.3 is 6.09 Å². The summed E-state index contributed by atoms with van der Waals surface area (Å²) in [6, 6.07) is 13.3. The van der Waals surface area contributed by atoms with Gasteiger partial charge in [-0.15, -0.1) is 0 Å². The predicted molar refractivity (Wildman–Crippen MR) is 114 cm³/mol. The fraction of sp³-hybridized carbons (Fsp3) is 0.348. The Balaban J connectivity index is 2.04. The van der Waals surface area contributed by atoms with Crippen molar-refractivity contribution in [2.75, 3.05) is 6.61 Å². The number of rotatable bonds is 8. The van der Waals surface area contributed by atoms with Crippen molar-refractivity contribution in [3.8, 4) is 5.75 Å². The minimum atomic E-state index is -0.981. The van der Waals surface area contributed by atoms with Crippen LogP contribution in [0.2, 0.25) is 0 Å². The van der Waals surface area contributed by atoms with E-state index >= 15 is 0 Å². The summed E-state index contributed by atoms with van der Waals surface area (Å²) in [6.07, 6.45) is -0.0133. The number of aldehydes is 1. The summed E-state index contributed by atoms with van der Waals surface area (Å²) in [5.41, 5.74) is 1.81. The van der Waals surface area contributed by atoms with Crippen LogP contribution in [0.25, 0.3) is 0 Å². The number of hydrogen-bond donors (Lipinski definition) is 2. The molecule has 2 amide bonds. The number of benzene rings is 2. The van der Waals surface area contributed by atoms with Gasteiger partial charge in [0.1, 0.15) is 30.3 Å². The molecule has 1 atom stereocenters. The number of hydrogen-bond acceptors (Lipinski definition) is 5. The van der Waals surface area contributed by atoms with E-state index in [2.05, 4.69) is 10.6 Å². The number of carbonyl (C=O) groups is 3. The van der Waals surface area contributed by atoms with Crippen molar-refractivity contribution >= 4 is 18.3 Å². The Bertz CT molecular complexity index is 872. The van der Waals surface area contributed by atoms with E-state index in [1.807, 2.05) is 31.2 Å². The number of ether oxygens (including phenoxy) is 2. The summed E-state index contributed by atoms with van der Waals surface area (Å²) >= 11 is 0. The molecule has 0 saturated heterocycles. The highest BCUT2D eigenvalue weighted by molar-refractivity contribution is 5.85. The Labute approximate surface area is 176 Å². The van der Waals surface area contributed by atoms with Gasteiger partial charge in [-0.3, -0.25) is 9.59 Å².